The molecular formula is C19H25IN4S. The number of hydrogen-bond donors (Lipinski definition) is 2. The molecule has 0 spiro atoms. The third-order valence-electron chi connectivity index (χ3n) is 4.33. The van der Waals surface area contributed by atoms with Crippen LogP contribution in [0.1, 0.15) is 31.2 Å². The van der Waals surface area contributed by atoms with Crippen molar-refractivity contribution in [2.75, 3.05) is 11.9 Å². The summed E-state index contributed by atoms with van der Waals surface area (Å²) in [5.74, 6) is 1.16. The van der Waals surface area contributed by atoms with Crippen LogP contribution in [0, 0.1) is 6.92 Å². The number of aliphatic imine (C=N–C) groups is 1. The van der Waals surface area contributed by atoms with Gasteiger partial charge in [-0.25, -0.2) is 4.98 Å². The summed E-state index contributed by atoms with van der Waals surface area (Å²) in [5.41, 5.74) is 7.34. The van der Waals surface area contributed by atoms with E-state index < -0.39 is 0 Å². The van der Waals surface area contributed by atoms with Gasteiger partial charge in [0, 0.05) is 15.8 Å². The maximum Gasteiger partial charge on any atom is 0.194 e. The van der Waals surface area contributed by atoms with Crippen molar-refractivity contribution in [1.29, 1.82) is 0 Å². The van der Waals surface area contributed by atoms with Crippen molar-refractivity contribution < 1.29 is 0 Å². The van der Waals surface area contributed by atoms with Crippen LogP contribution in [0.2, 0.25) is 0 Å². The molecule has 0 bridgehead atoms. The molecule has 2 aromatic rings. The van der Waals surface area contributed by atoms with E-state index >= 15 is 0 Å². The minimum Gasteiger partial charge on any atom is -0.370 e. The number of aromatic nitrogens is 1. The van der Waals surface area contributed by atoms with Gasteiger partial charge in [-0.2, -0.15) is 0 Å². The SMILES string of the molecule is Cc1ccc(SC2(CN=C(N)Nc3ccccn3)CCCC2)cc1.I. The number of rotatable bonds is 5. The van der Waals surface area contributed by atoms with Crippen LogP contribution in [-0.2, 0) is 0 Å². The lowest BCUT2D eigenvalue weighted by Gasteiger charge is -2.26. The first-order valence-corrected chi connectivity index (χ1v) is 9.21. The van der Waals surface area contributed by atoms with Crippen LogP contribution in [0.3, 0.4) is 0 Å². The number of nitrogens with two attached hydrogens (primary N) is 1. The molecule has 0 aliphatic heterocycles. The van der Waals surface area contributed by atoms with Crippen molar-refractivity contribution >= 4 is 47.5 Å². The van der Waals surface area contributed by atoms with Crippen LogP contribution in [0.4, 0.5) is 5.82 Å². The Morgan fingerprint density at radius 1 is 1.20 bits per heavy atom. The summed E-state index contributed by atoms with van der Waals surface area (Å²) >= 11 is 1.95. The smallest absolute Gasteiger partial charge is 0.194 e. The maximum atomic E-state index is 6.05. The summed E-state index contributed by atoms with van der Waals surface area (Å²) in [5, 5.41) is 3.06. The zero-order valence-corrected chi connectivity index (χ0v) is 17.6. The second-order valence-corrected chi connectivity index (χ2v) is 7.89. The Labute approximate surface area is 171 Å². The average molecular weight is 468 g/mol. The van der Waals surface area contributed by atoms with E-state index in [1.165, 1.54) is 36.1 Å². The number of halogens is 1. The van der Waals surface area contributed by atoms with Crippen LogP contribution < -0.4 is 11.1 Å². The number of nitrogens with zero attached hydrogens (tertiary/aromatic N) is 2. The Hall–Kier alpha value is -1.28. The van der Waals surface area contributed by atoms with E-state index in [9.17, 15) is 0 Å². The first-order valence-electron chi connectivity index (χ1n) is 8.39. The summed E-state index contributed by atoms with van der Waals surface area (Å²) in [4.78, 5) is 10.1. The molecule has 4 nitrogen and oxygen atoms in total. The zero-order chi connectivity index (χ0) is 16.8. The molecule has 1 aliphatic rings. The Bertz CT molecular complexity index is 682. The van der Waals surface area contributed by atoms with E-state index in [0.717, 1.165) is 12.4 Å². The number of anilines is 1. The highest BCUT2D eigenvalue weighted by Gasteiger charge is 2.34. The first-order chi connectivity index (χ1) is 11.7. The van der Waals surface area contributed by atoms with Gasteiger partial charge in [0.05, 0.1) is 6.54 Å². The fourth-order valence-electron chi connectivity index (χ4n) is 3.00. The van der Waals surface area contributed by atoms with Crippen LogP contribution in [-0.4, -0.2) is 22.2 Å². The van der Waals surface area contributed by atoms with Crippen LogP contribution in [0.15, 0.2) is 58.5 Å². The van der Waals surface area contributed by atoms with Gasteiger partial charge < -0.3 is 11.1 Å². The first kappa shape index (κ1) is 20.0. The summed E-state index contributed by atoms with van der Waals surface area (Å²) in [7, 11) is 0. The number of guanidine groups is 1. The monoisotopic (exact) mass is 468 g/mol. The molecule has 0 unspecified atom stereocenters. The fraction of sp³-hybridized carbons (Fsp3) is 0.368. The summed E-state index contributed by atoms with van der Waals surface area (Å²) < 4.78 is 0.158. The summed E-state index contributed by atoms with van der Waals surface area (Å²) in [6, 6.07) is 14.4. The van der Waals surface area contributed by atoms with Gasteiger partial charge in [-0.15, -0.1) is 35.7 Å². The number of pyridine rings is 1. The molecule has 0 atom stereocenters. The van der Waals surface area contributed by atoms with Crippen LogP contribution >= 0.6 is 35.7 Å². The van der Waals surface area contributed by atoms with Gasteiger partial charge in [0.15, 0.2) is 5.96 Å². The Balaban J connectivity index is 0.00000225. The number of aryl methyl sites for hydroxylation is 1. The van der Waals surface area contributed by atoms with Crippen molar-refractivity contribution in [2.24, 2.45) is 10.7 Å². The van der Waals surface area contributed by atoms with Crippen molar-refractivity contribution in [3.8, 4) is 0 Å². The molecule has 1 heterocycles. The molecule has 3 N–H and O–H groups in total. The molecule has 1 aromatic carbocycles. The second kappa shape index (κ2) is 9.43. The normalized spacial score (nSPS) is 16.3. The van der Waals surface area contributed by atoms with Crippen molar-refractivity contribution in [3.05, 3.63) is 54.2 Å². The molecule has 1 aliphatic carbocycles. The highest BCUT2D eigenvalue weighted by atomic mass is 127. The summed E-state index contributed by atoms with van der Waals surface area (Å²) in [6.45, 7) is 2.85. The summed E-state index contributed by atoms with van der Waals surface area (Å²) in [6.07, 6.45) is 6.64. The Morgan fingerprint density at radius 2 is 1.92 bits per heavy atom. The van der Waals surface area contributed by atoms with Gasteiger partial charge >= 0.3 is 0 Å². The van der Waals surface area contributed by atoms with E-state index in [1.54, 1.807) is 6.20 Å². The molecule has 1 saturated carbocycles. The van der Waals surface area contributed by atoms with Gasteiger partial charge in [-0.3, -0.25) is 4.99 Å². The maximum absolute atomic E-state index is 6.05. The number of benzene rings is 1. The van der Waals surface area contributed by atoms with Crippen LogP contribution in [0.5, 0.6) is 0 Å². The lowest BCUT2D eigenvalue weighted by atomic mass is 10.1. The molecule has 1 aromatic heterocycles. The van der Waals surface area contributed by atoms with Gasteiger partial charge in [-0.1, -0.05) is 36.6 Å². The van der Waals surface area contributed by atoms with Crippen molar-refractivity contribution in [1.82, 2.24) is 4.98 Å². The Morgan fingerprint density at radius 3 is 2.56 bits per heavy atom. The fourth-order valence-corrected chi connectivity index (χ4v) is 4.40. The number of nitrogens with one attached hydrogen (secondary N) is 1. The zero-order valence-electron chi connectivity index (χ0n) is 14.4. The highest BCUT2D eigenvalue weighted by Crippen LogP contribution is 2.45. The van der Waals surface area contributed by atoms with Crippen molar-refractivity contribution in [3.63, 3.8) is 0 Å². The third kappa shape index (κ3) is 5.88. The predicted octanol–water partition coefficient (Wildman–Crippen LogP) is 4.84. The Kier molecular flexibility index (Phi) is 7.56. The van der Waals surface area contributed by atoms with Crippen molar-refractivity contribution in [2.45, 2.75) is 42.2 Å². The van der Waals surface area contributed by atoms with Gasteiger partial charge in [0.2, 0.25) is 0 Å². The molecule has 0 amide bonds. The minimum absolute atomic E-state index is 0. The van der Waals surface area contributed by atoms with E-state index in [4.69, 9.17) is 5.73 Å². The van der Waals surface area contributed by atoms with E-state index in [-0.39, 0.29) is 28.7 Å². The standard InChI is InChI=1S/C19H24N4S.HI/c1-15-7-9-16(10-8-15)24-19(11-3-4-12-19)14-22-18(20)23-17-6-2-5-13-21-17;/h2,5-10,13H,3-4,11-12,14H2,1H3,(H3,20,21,22,23);1H. The largest absolute Gasteiger partial charge is 0.370 e. The topological polar surface area (TPSA) is 63.3 Å². The number of hydrogen-bond acceptors (Lipinski definition) is 3. The van der Waals surface area contributed by atoms with Gasteiger partial charge in [0.25, 0.3) is 0 Å². The molecule has 6 heteroatoms. The number of thioether (sulfide) groups is 1. The quantitative estimate of drug-likeness (QED) is 0.375. The molecule has 25 heavy (non-hydrogen) atoms. The molecular weight excluding hydrogens is 443 g/mol. The van der Waals surface area contributed by atoms with E-state index in [2.05, 4.69) is 46.5 Å². The third-order valence-corrected chi connectivity index (χ3v) is 5.81. The van der Waals surface area contributed by atoms with Gasteiger partial charge in [0.1, 0.15) is 5.82 Å². The molecule has 134 valence electrons. The second-order valence-electron chi connectivity index (χ2n) is 6.35. The highest BCUT2D eigenvalue weighted by molar-refractivity contribution is 14.0. The molecule has 0 saturated heterocycles. The molecule has 1 fully saturated rings. The molecule has 3 rings (SSSR count). The molecule has 0 radical (unpaired) electrons. The van der Waals surface area contributed by atoms with E-state index in [0.29, 0.717) is 5.96 Å². The van der Waals surface area contributed by atoms with Gasteiger partial charge in [-0.05, 0) is 44.0 Å². The lowest BCUT2D eigenvalue weighted by Crippen LogP contribution is -2.29. The lowest BCUT2D eigenvalue weighted by molar-refractivity contribution is 0.620. The average Bonchev–Trinajstić information content (AvgIpc) is 3.05. The predicted molar refractivity (Wildman–Crippen MR) is 118 cm³/mol. The van der Waals surface area contributed by atoms with Crippen LogP contribution in [0.25, 0.3) is 0 Å². The minimum atomic E-state index is 0. The van der Waals surface area contributed by atoms with E-state index in [1.807, 2.05) is 30.0 Å².